The van der Waals surface area contributed by atoms with Crippen molar-refractivity contribution in [3.63, 3.8) is 0 Å². The monoisotopic (exact) mass is 188 g/mol. The number of nitrogens with zero attached hydrogens (tertiary/aromatic N) is 1. The molecule has 0 amide bonds. The molecular formula is C12H16N2. The van der Waals surface area contributed by atoms with Crippen LogP contribution in [0, 0.1) is 0 Å². The molecule has 0 spiro atoms. The summed E-state index contributed by atoms with van der Waals surface area (Å²) in [6.45, 7) is 2.02. The minimum Gasteiger partial charge on any atom is -0.392 e. The van der Waals surface area contributed by atoms with E-state index >= 15 is 0 Å². The van der Waals surface area contributed by atoms with Gasteiger partial charge in [0.1, 0.15) is 0 Å². The zero-order valence-corrected chi connectivity index (χ0v) is 8.91. The normalized spacial score (nSPS) is 12.8. The molecule has 0 bridgehead atoms. The van der Waals surface area contributed by atoms with Gasteiger partial charge in [-0.3, -0.25) is 4.99 Å². The molecule has 2 heteroatoms. The Morgan fingerprint density at radius 2 is 1.93 bits per heavy atom. The van der Waals surface area contributed by atoms with Crippen molar-refractivity contribution in [2.45, 2.75) is 6.92 Å². The highest BCUT2D eigenvalue weighted by molar-refractivity contribution is 6.08. The Morgan fingerprint density at radius 3 is 2.43 bits per heavy atom. The van der Waals surface area contributed by atoms with Gasteiger partial charge in [0.15, 0.2) is 0 Å². The lowest BCUT2D eigenvalue weighted by Gasteiger charge is -2.03. The van der Waals surface area contributed by atoms with E-state index in [0.717, 1.165) is 17.0 Å². The molecule has 0 aliphatic carbocycles. The first kappa shape index (κ1) is 10.5. The predicted molar refractivity (Wildman–Crippen MR) is 61.7 cm³/mol. The maximum atomic E-state index is 4.25. The number of rotatable bonds is 3. The van der Waals surface area contributed by atoms with Crippen LogP contribution in [0.25, 0.3) is 0 Å². The van der Waals surface area contributed by atoms with Gasteiger partial charge in [0.2, 0.25) is 0 Å². The van der Waals surface area contributed by atoms with Crippen LogP contribution in [0.15, 0.2) is 47.1 Å². The minimum absolute atomic E-state index is 0.998. The predicted octanol–water partition coefficient (Wildman–Crippen LogP) is 2.23. The second-order valence-electron chi connectivity index (χ2n) is 3.05. The first-order chi connectivity index (χ1) is 6.77. The van der Waals surface area contributed by atoms with Crippen LogP contribution in [0.3, 0.4) is 0 Å². The summed E-state index contributed by atoms with van der Waals surface area (Å²) in [5, 5.41) is 3.08. The number of benzene rings is 1. The van der Waals surface area contributed by atoms with Crippen molar-refractivity contribution in [3.8, 4) is 0 Å². The maximum Gasteiger partial charge on any atom is 0.0660 e. The fraction of sp³-hybridized carbons (Fsp3) is 0.250. The average Bonchev–Trinajstić information content (AvgIpc) is 2.26. The molecule has 1 rings (SSSR count). The molecule has 1 N–H and O–H groups in total. The van der Waals surface area contributed by atoms with Crippen molar-refractivity contribution >= 4 is 5.71 Å². The molecule has 0 aliphatic rings. The van der Waals surface area contributed by atoms with Gasteiger partial charge in [-0.1, -0.05) is 30.3 Å². The van der Waals surface area contributed by atoms with Gasteiger partial charge in [-0.2, -0.15) is 0 Å². The van der Waals surface area contributed by atoms with Gasteiger partial charge in [0.05, 0.1) is 5.71 Å². The van der Waals surface area contributed by atoms with Crippen LogP contribution in [0.5, 0.6) is 0 Å². The lowest BCUT2D eigenvalue weighted by atomic mass is 10.1. The summed E-state index contributed by atoms with van der Waals surface area (Å²) in [5.74, 6) is 0. The first-order valence-corrected chi connectivity index (χ1v) is 4.66. The second kappa shape index (κ2) is 5.22. The molecule has 1 aromatic carbocycles. The maximum absolute atomic E-state index is 4.25. The molecule has 2 nitrogen and oxygen atoms in total. The summed E-state index contributed by atoms with van der Waals surface area (Å²) in [5.41, 5.74) is 3.25. The number of allylic oxidation sites excluding steroid dienone is 2. The van der Waals surface area contributed by atoms with Crippen LogP contribution in [0.2, 0.25) is 0 Å². The first-order valence-electron chi connectivity index (χ1n) is 4.66. The summed E-state index contributed by atoms with van der Waals surface area (Å²) >= 11 is 0. The fourth-order valence-electron chi connectivity index (χ4n) is 1.16. The van der Waals surface area contributed by atoms with E-state index in [-0.39, 0.29) is 0 Å². The highest BCUT2D eigenvalue weighted by atomic mass is 14.8. The Kier molecular flexibility index (Phi) is 3.92. The third-order valence-electron chi connectivity index (χ3n) is 2.06. The highest BCUT2D eigenvalue weighted by Gasteiger charge is 1.97. The summed E-state index contributed by atoms with van der Waals surface area (Å²) in [4.78, 5) is 4.25. The van der Waals surface area contributed by atoms with Gasteiger partial charge < -0.3 is 5.32 Å². The van der Waals surface area contributed by atoms with Crippen molar-refractivity contribution in [1.82, 2.24) is 5.32 Å². The Balaban J connectivity index is 2.96. The van der Waals surface area contributed by atoms with Crippen LogP contribution in [-0.4, -0.2) is 19.8 Å². The SMILES string of the molecule is CN=C(/C=C(\C)NC)c1ccccc1. The molecular weight excluding hydrogens is 172 g/mol. The van der Waals surface area contributed by atoms with E-state index in [1.807, 2.05) is 45.3 Å². The molecule has 0 atom stereocenters. The van der Waals surface area contributed by atoms with Gasteiger partial charge in [-0.05, 0) is 18.6 Å². The number of hydrogen-bond acceptors (Lipinski definition) is 2. The molecule has 0 heterocycles. The van der Waals surface area contributed by atoms with Crippen molar-refractivity contribution in [1.29, 1.82) is 0 Å². The summed E-state index contributed by atoms with van der Waals surface area (Å²) < 4.78 is 0. The Hall–Kier alpha value is -1.57. The molecule has 0 saturated carbocycles. The number of hydrogen-bond donors (Lipinski definition) is 1. The van der Waals surface area contributed by atoms with Gasteiger partial charge in [-0.15, -0.1) is 0 Å². The Labute approximate surface area is 85.4 Å². The Bertz CT molecular complexity index is 337. The van der Waals surface area contributed by atoms with E-state index < -0.39 is 0 Å². The van der Waals surface area contributed by atoms with Crippen LogP contribution in [0.4, 0.5) is 0 Å². The van der Waals surface area contributed by atoms with Gasteiger partial charge >= 0.3 is 0 Å². The lowest BCUT2D eigenvalue weighted by molar-refractivity contribution is 0.992. The molecule has 74 valence electrons. The average molecular weight is 188 g/mol. The zero-order chi connectivity index (χ0) is 10.4. The van der Waals surface area contributed by atoms with Gasteiger partial charge in [0.25, 0.3) is 0 Å². The van der Waals surface area contributed by atoms with Crippen molar-refractivity contribution in [2.75, 3.05) is 14.1 Å². The van der Waals surface area contributed by atoms with Crippen molar-refractivity contribution in [3.05, 3.63) is 47.7 Å². The highest BCUT2D eigenvalue weighted by Crippen LogP contribution is 2.03. The molecule has 0 saturated heterocycles. The minimum atomic E-state index is 0.998. The molecule has 0 fully saturated rings. The largest absolute Gasteiger partial charge is 0.392 e. The standard InChI is InChI=1S/C12H16N2/c1-10(13-2)9-12(14-3)11-7-5-4-6-8-11/h4-9,13H,1-3H3/b10-9+,14-12?. The zero-order valence-electron chi connectivity index (χ0n) is 8.91. The third-order valence-corrected chi connectivity index (χ3v) is 2.06. The summed E-state index contributed by atoms with van der Waals surface area (Å²) in [6.07, 6.45) is 2.04. The molecule has 0 radical (unpaired) electrons. The van der Waals surface area contributed by atoms with E-state index in [4.69, 9.17) is 0 Å². The lowest BCUT2D eigenvalue weighted by Crippen LogP contribution is -2.06. The van der Waals surface area contributed by atoms with E-state index in [0.29, 0.717) is 0 Å². The van der Waals surface area contributed by atoms with Crippen molar-refractivity contribution < 1.29 is 0 Å². The van der Waals surface area contributed by atoms with E-state index in [1.165, 1.54) is 0 Å². The smallest absolute Gasteiger partial charge is 0.0660 e. The molecule has 0 unspecified atom stereocenters. The van der Waals surface area contributed by atoms with E-state index in [1.54, 1.807) is 0 Å². The third kappa shape index (κ3) is 2.73. The Morgan fingerprint density at radius 1 is 1.29 bits per heavy atom. The van der Waals surface area contributed by atoms with Gasteiger partial charge in [-0.25, -0.2) is 0 Å². The second-order valence-corrected chi connectivity index (χ2v) is 3.05. The quantitative estimate of drug-likeness (QED) is 0.723. The van der Waals surface area contributed by atoms with Crippen LogP contribution < -0.4 is 5.32 Å². The van der Waals surface area contributed by atoms with Crippen molar-refractivity contribution in [2.24, 2.45) is 4.99 Å². The van der Waals surface area contributed by atoms with Crippen LogP contribution >= 0.6 is 0 Å². The van der Waals surface area contributed by atoms with E-state index in [9.17, 15) is 0 Å². The van der Waals surface area contributed by atoms with E-state index in [2.05, 4.69) is 22.4 Å². The van der Waals surface area contributed by atoms with Gasteiger partial charge in [0, 0.05) is 19.8 Å². The topological polar surface area (TPSA) is 24.4 Å². The fourth-order valence-corrected chi connectivity index (χ4v) is 1.16. The summed E-state index contributed by atoms with van der Waals surface area (Å²) in [7, 11) is 3.71. The summed E-state index contributed by atoms with van der Waals surface area (Å²) in [6, 6.07) is 10.2. The van der Waals surface area contributed by atoms with Crippen LogP contribution in [-0.2, 0) is 0 Å². The molecule has 0 aromatic heterocycles. The molecule has 0 aliphatic heterocycles. The molecule has 1 aromatic rings. The van der Waals surface area contributed by atoms with Crippen LogP contribution in [0.1, 0.15) is 12.5 Å². The molecule has 14 heavy (non-hydrogen) atoms. The number of aliphatic imine (C=N–C) groups is 1. The number of nitrogens with one attached hydrogen (secondary N) is 1.